The summed E-state index contributed by atoms with van der Waals surface area (Å²) < 4.78 is 16.5. The fourth-order valence-electron chi connectivity index (χ4n) is 1.97. The van der Waals surface area contributed by atoms with Crippen LogP contribution in [0.3, 0.4) is 0 Å². The van der Waals surface area contributed by atoms with E-state index in [4.69, 9.17) is 19.9 Å². The molecule has 1 unspecified atom stereocenters. The molecule has 0 bridgehead atoms. The van der Waals surface area contributed by atoms with E-state index in [-0.39, 0.29) is 0 Å². The lowest BCUT2D eigenvalue weighted by atomic mass is 10.1. The topological polar surface area (TPSA) is 53.7 Å². The van der Waals surface area contributed by atoms with Gasteiger partial charge in [-0.1, -0.05) is 11.8 Å². The second-order valence-electron chi connectivity index (χ2n) is 4.68. The lowest BCUT2D eigenvalue weighted by Crippen LogP contribution is -2.13. The van der Waals surface area contributed by atoms with E-state index in [0.717, 1.165) is 37.6 Å². The van der Waals surface area contributed by atoms with E-state index in [2.05, 4.69) is 11.8 Å². The maximum atomic E-state index is 5.60. The van der Waals surface area contributed by atoms with Crippen LogP contribution in [0, 0.1) is 17.8 Å². The number of nitrogens with two attached hydrogens (primary N) is 1. The van der Waals surface area contributed by atoms with Crippen LogP contribution in [0.4, 0.5) is 0 Å². The predicted molar refractivity (Wildman–Crippen MR) is 77.6 cm³/mol. The molecular weight excluding hydrogens is 254 g/mol. The van der Waals surface area contributed by atoms with Gasteiger partial charge in [-0.25, -0.2) is 0 Å². The predicted octanol–water partition coefficient (Wildman–Crippen LogP) is 1.43. The van der Waals surface area contributed by atoms with E-state index in [1.165, 1.54) is 0 Å². The number of rotatable bonds is 6. The molecule has 4 nitrogen and oxygen atoms in total. The Morgan fingerprint density at radius 2 is 2.10 bits per heavy atom. The first-order valence-corrected chi connectivity index (χ1v) is 6.96. The molecule has 1 aromatic rings. The van der Waals surface area contributed by atoms with Gasteiger partial charge in [-0.2, -0.15) is 0 Å². The minimum atomic E-state index is 0.377. The zero-order valence-electron chi connectivity index (χ0n) is 11.6. The highest BCUT2D eigenvalue weighted by Crippen LogP contribution is 2.13. The van der Waals surface area contributed by atoms with Crippen molar-refractivity contribution in [3.63, 3.8) is 0 Å². The summed E-state index contributed by atoms with van der Waals surface area (Å²) >= 11 is 0. The quantitative estimate of drug-likeness (QED) is 0.630. The van der Waals surface area contributed by atoms with Gasteiger partial charge in [0.15, 0.2) is 0 Å². The highest BCUT2D eigenvalue weighted by molar-refractivity contribution is 5.38. The van der Waals surface area contributed by atoms with Crippen LogP contribution < -0.4 is 10.5 Å². The molecule has 1 aliphatic rings. The first-order chi connectivity index (χ1) is 9.88. The van der Waals surface area contributed by atoms with E-state index in [9.17, 15) is 0 Å². The van der Waals surface area contributed by atoms with E-state index in [1.807, 2.05) is 24.3 Å². The largest absolute Gasteiger partial charge is 0.491 e. The first-order valence-electron chi connectivity index (χ1n) is 6.96. The number of hydrogen-bond donors (Lipinski definition) is 1. The third kappa shape index (κ3) is 5.22. The normalized spacial score (nSPS) is 17.6. The highest BCUT2D eigenvalue weighted by atomic mass is 16.5. The average Bonchev–Trinajstić information content (AvgIpc) is 2.99. The Bertz CT molecular complexity index is 441. The van der Waals surface area contributed by atoms with Crippen LogP contribution in [0.15, 0.2) is 24.3 Å². The molecule has 0 saturated carbocycles. The van der Waals surface area contributed by atoms with E-state index >= 15 is 0 Å². The molecule has 1 fully saturated rings. The summed E-state index contributed by atoms with van der Waals surface area (Å²) in [5, 5.41) is 0. The van der Waals surface area contributed by atoms with Crippen LogP contribution in [0.2, 0.25) is 0 Å². The maximum absolute atomic E-state index is 5.60. The Kier molecular flexibility index (Phi) is 6.39. The minimum absolute atomic E-state index is 0.377. The molecule has 2 N–H and O–H groups in total. The number of benzene rings is 1. The Balaban J connectivity index is 1.61. The Hall–Kier alpha value is -1.54. The van der Waals surface area contributed by atoms with Crippen LogP contribution >= 0.6 is 0 Å². The van der Waals surface area contributed by atoms with Gasteiger partial charge in [0.25, 0.3) is 0 Å². The van der Waals surface area contributed by atoms with Gasteiger partial charge in [0.2, 0.25) is 0 Å². The lowest BCUT2D eigenvalue weighted by Gasteiger charge is -2.09. The van der Waals surface area contributed by atoms with Gasteiger partial charge >= 0.3 is 0 Å². The first kappa shape index (κ1) is 14.9. The molecule has 0 radical (unpaired) electrons. The van der Waals surface area contributed by atoms with Gasteiger partial charge in [-0.05, 0) is 30.7 Å². The molecule has 108 valence electrons. The third-order valence-corrected chi connectivity index (χ3v) is 3.06. The summed E-state index contributed by atoms with van der Waals surface area (Å²) in [5.41, 5.74) is 6.27. The van der Waals surface area contributed by atoms with Gasteiger partial charge in [-0.3, -0.25) is 0 Å². The molecule has 1 aliphatic heterocycles. The molecule has 0 aromatic heterocycles. The van der Waals surface area contributed by atoms with Crippen molar-refractivity contribution < 1.29 is 14.2 Å². The van der Waals surface area contributed by atoms with Crippen molar-refractivity contribution in [1.82, 2.24) is 0 Å². The van der Waals surface area contributed by atoms with Crippen LogP contribution in [-0.2, 0) is 9.47 Å². The maximum Gasteiger partial charge on any atom is 0.119 e. The third-order valence-electron chi connectivity index (χ3n) is 3.06. The fourth-order valence-corrected chi connectivity index (χ4v) is 1.97. The SMILES string of the molecule is NCC#Cc1ccc(OCCOCC2CCOC2)cc1. The van der Waals surface area contributed by atoms with Crippen molar-refractivity contribution in [3.8, 4) is 17.6 Å². The molecule has 2 rings (SSSR count). The monoisotopic (exact) mass is 275 g/mol. The molecule has 1 saturated heterocycles. The summed E-state index contributed by atoms with van der Waals surface area (Å²) in [5.74, 6) is 7.17. The van der Waals surface area contributed by atoms with Crippen LogP contribution in [0.25, 0.3) is 0 Å². The second kappa shape index (κ2) is 8.60. The van der Waals surface area contributed by atoms with E-state index in [1.54, 1.807) is 0 Å². The van der Waals surface area contributed by atoms with Crippen molar-refractivity contribution in [2.45, 2.75) is 6.42 Å². The Morgan fingerprint density at radius 1 is 1.25 bits per heavy atom. The van der Waals surface area contributed by atoms with Crippen molar-refractivity contribution >= 4 is 0 Å². The van der Waals surface area contributed by atoms with Crippen molar-refractivity contribution in [1.29, 1.82) is 0 Å². The Morgan fingerprint density at radius 3 is 2.80 bits per heavy atom. The summed E-state index contributed by atoms with van der Waals surface area (Å²) in [7, 11) is 0. The van der Waals surface area contributed by atoms with Gasteiger partial charge in [-0.15, -0.1) is 0 Å². The van der Waals surface area contributed by atoms with Gasteiger partial charge < -0.3 is 19.9 Å². The van der Waals surface area contributed by atoms with E-state index in [0.29, 0.717) is 25.7 Å². The molecule has 20 heavy (non-hydrogen) atoms. The number of ether oxygens (including phenoxy) is 3. The summed E-state index contributed by atoms with van der Waals surface area (Å²) in [6.45, 7) is 3.99. The van der Waals surface area contributed by atoms with Crippen LogP contribution in [-0.4, -0.2) is 39.6 Å². The molecule has 4 heteroatoms. The van der Waals surface area contributed by atoms with Crippen molar-refractivity contribution in [3.05, 3.63) is 29.8 Å². The molecule has 0 aliphatic carbocycles. The average molecular weight is 275 g/mol. The zero-order valence-corrected chi connectivity index (χ0v) is 11.6. The fraction of sp³-hybridized carbons (Fsp3) is 0.500. The molecule has 0 spiro atoms. The molecule has 1 aromatic carbocycles. The lowest BCUT2D eigenvalue weighted by molar-refractivity contribution is 0.0684. The standard InChI is InChI=1S/C16H21NO3/c17-8-1-2-14-3-5-16(6-4-14)20-11-10-19-13-15-7-9-18-12-15/h3-6,15H,7-13,17H2. The van der Waals surface area contributed by atoms with Crippen molar-refractivity contribution in [2.24, 2.45) is 11.7 Å². The molecular formula is C16H21NO3. The van der Waals surface area contributed by atoms with Gasteiger partial charge in [0.05, 0.1) is 26.4 Å². The molecule has 1 heterocycles. The summed E-state index contributed by atoms with van der Waals surface area (Å²) in [4.78, 5) is 0. The smallest absolute Gasteiger partial charge is 0.119 e. The number of hydrogen-bond acceptors (Lipinski definition) is 4. The second-order valence-corrected chi connectivity index (χ2v) is 4.68. The summed E-state index contributed by atoms with van der Waals surface area (Å²) in [6, 6.07) is 7.67. The van der Waals surface area contributed by atoms with Gasteiger partial charge in [0.1, 0.15) is 12.4 Å². The summed E-state index contributed by atoms with van der Waals surface area (Å²) in [6.07, 6.45) is 1.10. The zero-order chi connectivity index (χ0) is 14.0. The molecule has 1 atom stereocenters. The van der Waals surface area contributed by atoms with Crippen LogP contribution in [0.1, 0.15) is 12.0 Å². The van der Waals surface area contributed by atoms with Gasteiger partial charge in [0, 0.05) is 18.1 Å². The van der Waals surface area contributed by atoms with E-state index < -0.39 is 0 Å². The Labute approximate surface area is 120 Å². The molecule has 0 amide bonds. The van der Waals surface area contributed by atoms with Crippen LogP contribution in [0.5, 0.6) is 5.75 Å². The highest BCUT2D eigenvalue weighted by Gasteiger charge is 2.15. The van der Waals surface area contributed by atoms with Crippen molar-refractivity contribution in [2.75, 3.05) is 39.6 Å². The minimum Gasteiger partial charge on any atom is -0.491 e.